The molecule has 1 aliphatic heterocycles. The Kier molecular flexibility index (Phi) is 5.37. The van der Waals surface area contributed by atoms with Gasteiger partial charge in [0.2, 0.25) is 10.0 Å². The second-order valence-electron chi connectivity index (χ2n) is 6.42. The zero-order chi connectivity index (χ0) is 21.4. The van der Waals surface area contributed by atoms with E-state index in [0.29, 0.717) is 0 Å². The van der Waals surface area contributed by atoms with Gasteiger partial charge in [0.1, 0.15) is 10.6 Å². The van der Waals surface area contributed by atoms with Gasteiger partial charge in [-0.3, -0.25) is 4.79 Å². The van der Waals surface area contributed by atoms with Gasteiger partial charge >= 0.3 is 6.29 Å². The third-order valence-corrected chi connectivity index (χ3v) is 5.45. The zero-order valence-corrected chi connectivity index (χ0v) is 16.5. The first-order chi connectivity index (χ1) is 13.5. The Bertz CT molecular complexity index is 1060. The molecular formula is C18H18F2N2O6S. The Labute approximate surface area is 165 Å². The minimum Gasteiger partial charge on any atom is -0.495 e. The maximum atomic E-state index is 13.1. The minimum atomic E-state index is -3.93. The van der Waals surface area contributed by atoms with Crippen LogP contribution in [0.2, 0.25) is 0 Å². The number of halogens is 2. The molecule has 0 saturated carbocycles. The monoisotopic (exact) mass is 428 g/mol. The lowest BCUT2D eigenvalue weighted by Gasteiger charge is -2.14. The third kappa shape index (κ3) is 4.57. The van der Waals surface area contributed by atoms with Gasteiger partial charge in [-0.15, -0.1) is 8.78 Å². The number of carbonyl (C=O) groups excluding carboxylic acids is 1. The summed E-state index contributed by atoms with van der Waals surface area (Å²) in [6, 6.07) is 7.28. The van der Waals surface area contributed by atoms with Crippen LogP contribution < -0.4 is 24.2 Å². The second kappa shape index (κ2) is 7.48. The predicted octanol–water partition coefficient (Wildman–Crippen LogP) is 2.96. The van der Waals surface area contributed by atoms with E-state index in [4.69, 9.17) is 4.74 Å². The Morgan fingerprint density at radius 3 is 2.45 bits per heavy atom. The standard InChI is InChI=1S/C18H18F2N2O6S/c1-10(2)22-29(24,25)16-8-11(4-6-14(16)26-3)17(23)21-12-5-7-13-15(9-12)28-18(19,20)27-13/h4-10,22H,1-3H3,(H,21,23). The van der Waals surface area contributed by atoms with E-state index in [-0.39, 0.29) is 39.4 Å². The normalized spacial score (nSPS) is 14.7. The molecule has 2 aromatic carbocycles. The van der Waals surface area contributed by atoms with Crippen molar-refractivity contribution in [3.63, 3.8) is 0 Å². The first-order valence-corrected chi connectivity index (χ1v) is 9.91. The van der Waals surface area contributed by atoms with Crippen molar-refractivity contribution in [3.05, 3.63) is 42.0 Å². The molecule has 0 unspecified atom stereocenters. The molecule has 0 bridgehead atoms. The molecule has 0 saturated heterocycles. The molecule has 29 heavy (non-hydrogen) atoms. The number of alkyl halides is 2. The van der Waals surface area contributed by atoms with Crippen molar-refractivity contribution in [2.75, 3.05) is 12.4 Å². The van der Waals surface area contributed by atoms with Crippen LogP contribution in [0.5, 0.6) is 17.2 Å². The van der Waals surface area contributed by atoms with Crippen molar-refractivity contribution < 1.29 is 36.2 Å². The van der Waals surface area contributed by atoms with Gasteiger partial charge in [-0.1, -0.05) is 0 Å². The summed E-state index contributed by atoms with van der Waals surface area (Å²) in [5.41, 5.74) is 0.188. The number of hydrogen-bond acceptors (Lipinski definition) is 6. The number of anilines is 1. The Morgan fingerprint density at radius 1 is 1.10 bits per heavy atom. The molecule has 1 aliphatic rings. The largest absolute Gasteiger partial charge is 0.586 e. The van der Waals surface area contributed by atoms with Crippen molar-refractivity contribution in [1.29, 1.82) is 0 Å². The molecule has 2 N–H and O–H groups in total. The summed E-state index contributed by atoms with van der Waals surface area (Å²) in [6.07, 6.45) is -3.77. The van der Waals surface area contributed by atoms with Crippen molar-refractivity contribution in [2.45, 2.75) is 31.1 Å². The van der Waals surface area contributed by atoms with Crippen LogP contribution in [0.15, 0.2) is 41.3 Å². The molecule has 1 heterocycles. The number of nitrogens with one attached hydrogen (secondary N) is 2. The van der Waals surface area contributed by atoms with Gasteiger partial charge in [-0.2, -0.15) is 0 Å². The summed E-state index contributed by atoms with van der Waals surface area (Å²) in [6.45, 7) is 3.31. The van der Waals surface area contributed by atoms with Crippen LogP contribution in [-0.4, -0.2) is 33.8 Å². The summed E-state index contributed by atoms with van der Waals surface area (Å²) in [5, 5.41) is 2.50. The Morgan fingerprint density at radius 2 is 1.79 bits per heavy atom. The van der Waals surface area contributed by atoms with Crippen molar-refractivity contribution >= 4 is 21.6 Å². The van der Waals surface area contributed by atoms with Crippen LogP contribution in [0.3, 0.4) is 0 Å². The zero-order valence-electron chi connectivity index (χ0n) is 15.7. The molecule has 3 rings (SSSR count). The highest BCUT2D eigenvalue weighted by atomic mass is 32.2. The van der Waals surface area contributed by atoms with E-state index in [1.807, 2.05) is 0 Å². The Balaban J connectivity index is 1.86. The summed E-state index contributed by atoms with van der Waals surface area (Å²) in [4.78, 5) is 12.4. The number of carbonyl (C=O) groups is 1. The molecule has 11 heteroatoms. The van der Waals surface area contributed by atoms with Crippen LogP contribution in [0.25, 0.3) is 0 Å². The van der Waals surface area contributed by atoms with E-state index in [2.05, 4.69) is 19.5 Å². The van der Waals surface area contributed by atoms with Gasteiger partial charge in [0, 0.05) is 23.4 Å². The van der Waals surface area contributed by atoms with Gasteiger partial charge in [-0.05, 0) is 44.2 Å². The number of benzene rings is 2. The lowest BCUT2D eigenvalue weighted by molar-refractivity contribution is -0.286. The molecule has 156 valence electrons. The van der Waals surface area contributed by atoms with Gasteiger partial charge in [-0.25, -0.2) is 13.1 Å². The number of amides is 1. The fraction of sp³-hybridized carbons (Fsp3) is 0.278. The molecule has 8 nitrogen and oxygen atoms in total. The summed E-state index contributed by atoms with van der Waals surface area (Å²) < 4.78 is 67.4. The number of methoxy groups -OCH3 is 1. The summed E-state index contributed by atoms with van der Waals surface area (Å²) in [5.74, 6) is -0.975. The van der Waals surface area contributed by atoms with Crippen LogP contribution >= 0.6 is 0 Å². The second-order valence-corrected chi connectivity index (χ2v) is 8.11. The molecule has 2 aromatic rings. The van der Waals surface area contributed by atoms with Crippen LogP contribution in [0.1, 0.15) is 24.2 Å². The van der Waals surface area contributed by atoms with Gasteiger partial charge in [0.15, 0.2) is 11.5 Å². The minimum absolute atomic E-state index is 0.0259. The van der Waals surface area contributed by atoms with Gasteiger partial charge in [0.25, 0.3) is 5.91 Å². The maximum Gasteiger partial charge on any atom is 0.586 e. The fourth-order valence-electron chi connectivity index (χ4n) is 2.63. The lowest BCUT2D eigenvalue weighted by atomic mass is 10.2. The number of sulfonamides is 1. The third-order valence-electron chi connectivity index (χ3n) is 3.77. The number of fused-ring (bicyclic) bond motifs is 1. The number of rotatable bonds is 6. The quantitative estimate of drug-likeness (QED) is 0.733. The molecule has 0 atom stereocenters. The predicted molar refractivity (Wildman–Crippen MR) is 99.0 cm³/mol. The van der Waals surface area contributed by atoms with Crippen molar-refractivity contribution in [3.8, 4) is 17.2 Å². The van der Waals surface area contributed by atoms with Crippen LogP contribution in [0.4, 0.5) is 14.5 Å². The van der Waals surface area contributed by atoms with Crippen molar-refractivity contribution in [1.82, 2.24) is 4.72 Å². The van der Waals surface area contributed by atoms with E-state index in [9.17, 15) is 22.0 Å². The maximum absolute atomic E-state index is 13.1. The molecule has 0 radical (unpaired) electrons. The highest BCUT2D eigenvalue weighted by Crippen LogP contribution is 2.42. The smallest absolute Gasteiger partial charge is 0.495 e. The van der Waals surface area contributed by atoms with E-state index in [1.165, 1.54) is 43.5 Å². The molecule has 0 aromatic heterocycles. The molecule has 0 spiro atoms. The van der Waals surface area contributed by atoms with E-state index >= 15 is 0 Å². The van der Waals surface area contributed by atoms with Gasteiger partial charge in [0.05, 0.1) is 7.11 Å². The van der Waals surface area contributed by atoms with Gasteiger partial charge < -0.3 is 19.5 Å². The lowest BCUT2D eigenvalue weighted by Crippen LogP contribution is -2.30. The van der Waals surface area contributed by atoms with E-state index in [1.54, 1.807) is 13.8 Å². The number of ether oxygens (including phenoxy) is 3. The van der Waals surface area contributed by atoms with Crippen molar-refractivity contribution in [2.24, 2.45) is 0 Å². The van der Waals surface area contributed by atoms with Crippen LogP contribution in [-0.2, 0) is 10.0 Å². The molecule has 0 fully saturated rings. The molecule has 1 amide bonds. The first-order valence-electron chi connectivity index (χ1n) is 8.42. The van der Waals surface area contributed by atoms with Crippen LogP contribution in [0, 0.1) is 0 Å². The average Bonchev–Trinajstić information content (AvgIpc) is 2.93. The fourth-order valence-corrected chi connectivity index (χ4v) is 4.08. The van der Waals surface area contributed by atoms with E-state index < -0.39 is 22.2 Å². The Hall–Kier alpha value is -2.92. The first kappa shape index (κ1) is 20.8. The topological polar surface area (TPSA) is 103 Å². The number of hydrogen-bond donors (Lipinski definition) is 2. The highest BCUT2D eigenvalue weighted by molar-refractivity contribution is 7.89. The molecular weight excluding hydrogens is 410 g/mol. The van der Waals surface area contributed by atoms with E-state index in [0.717, 1.165) is 0 Å². The average molecular weight is 428 g/mol. The highest BCUT2D eigenvalue weighted by Gasteiger charge is 2.43. The summed E-state index contributed by atoms with van der Waals surface area (Å²) >= 11 is 0. The SMILES string of the molecule is COc1ccc(C(=O)Nc2ccc3c(c2)OC(F)(F)O3)cc1S(=O)(=O)NC(C)C. The summed E-state index contributed by atoms with van der Waals surface area (Å²) in [7, 11) is -2.62. The molecule has 0 aliphatic carbocycles.